The van der Waals surface area contributed by atoms with Gasteiger partial charge in [-0.25, -0.2) is 9.78 Å². The van der Waals surface area contributed by atoms with E-state index in [1.165, 1.54) is 22.6 Å². The number of primary amides is 1. The monoisotopic (exact) mass is 495 g/mol. The van der Waals surface area contributed by atoms with Crippen LogP contribution in [0.3, 0.4) is 0 Å². The minimum atomic E-state index is -0.801. The predicted molar refractivity (Wildman–Crippen MR) is 136 cm³/mol. The average molecular weight is 496 g/mol. The molecule has 1 aromatic carbocycles. The number of rotatable bonds is 8. The highest BCUT2D eigenvalue weighted by molar-refractivity contribution is 7.12. The molecule has 5 N–H and O–H groups in total. The molecule has 10 heteroatoms. The normalized spacial score (nSPS) is 11.1. The first-order valence-electron chi connectivity index (χ1n) is 11.0. The number of benzene rings is 1. The SMILES string of the molecule is CC(C)(C)OC(=O)N(CC(N)=O)c1ccc(C(=O)NCc2ccc(Cc3ccccc3)s2)c(N)n1. The number of nitrogen functional groups attached to an aromatic ring is 1. The van der Waals surface area contributed by atoms with Gasteiger partial charge in [0.25, 0.3) is 5.91 Å². The van der Waals surface area contributed by atoms with Crippen LogP contribution in [-0.2, 0) is 22.5 Å². The molecule has 0 aliphatic carbocycles. The molecule has 184 valence electrons. The molecule has 0 radical (unpaired) electrons. The lowest BCUT2D eigenvalue weighted by Gasteiger charge is -2.26. The highest BCUT2D eigenvalue weighted by Gasteiger charge is 2.26. The molecule has 9 nitrogen and oxygen atoms in total. The van der Waals surface area contributed by atoms with E-state index in [-0.39, 0.29) is 17.2 Å². The lowest BCUT2D eigenvalue weighted by molar-refractivity contribution is -0.116. The van der Waals surface area contributed by atoms with Crippen LogP contribution in [0.15, 0.2) is 54.6 Å². The van der Waals surface area contributed by atoms with Gasteiger partial charge in [-0.1, -0.05) is 30.3 Å². The molecule has 0 spiro atoms. The van der Waals surface area contributed by atoms with Crippen LogP contribution < -0.4 is 21.7 Å². The lowest BCUT2D eigenvalue weighted by Crippen LogP contribution is -2.42. The van der Waals surface area contributed by atoms with E-state index in [9.17, 15) is 14.4 Å². The number of hydrogen-bond donors (Lipinski definition) is 3. The number of nitrogens with two attached hydrogens (primary N) is 2. The van der Waals surface area contributed by atoms with Crippen molar-refractivity contribution in [3.8, 4) is 0 Å². The van der Waals surface area contributed by atoms with Crippen LogP contribution in [0.2, 0.25) is 0 Å². The van der Waals surface area contributed by atoms with Gasteiger partial charge >= 0.3 is 6.09 Å². The second kappa shape index (κ2) is 11.0. The zero-order valence-corrected chi connectivity index (χ0v) is 20.7. The molecular weight excluding hydrogens is 466 g/mol. The number of carbonyl (C=O) groups excluding carboxylic acids is 3. The maximum Gasteiger partial charge on any atom is 0.416 e. The van der Waals surface area contributed by atoms with Crippen molar-refractivity contribution < 1.29 is 19.1 Å². The molecular formula is C25H29N5O4S. The van der Waals surface area contributed by atoms with Gasteiger partial charge in [-0.2, -0.15) is 0 Å². The molecule has 2 aromatic heterocycles. The van der Waals surface area contributed by atoms with Gasteiger partial charge in [-0.15, -0.1) is 11.3 Å². The third-order valence-electron chi connectivity index (χ3n) is 4.72. The van der Waals surface area contributed by atoms with E-state index in [4.69, 9.17) is 16.2 Å². The van der Waals surface area contributed by atoms with Crippen molar-refractivity contribution in [2.75, 3.05) is 17.2 Å². The standard InChI is InChI=1S/C25H29N5O4S/c1-25(2,3)34-24(33)30(15-20(26)31)21-12-11-19(22(27)29-21)23(32)28-14-18-10-9-17(35-18)13-16-7-5-4-6-8-16/h4-12H,13-15H2,1-3H3,(H2,26,31)(H2,27,29)(H,28,32). The summed E-state index contributed by atoms with van der Waals surface area (Å²) in [5.74, 6) is -1.19. The summed E-state index contributed by atoms with van der Waals surface area (Å²) in [4.78, 5) is 44.1. The van der Waals surface area contributed by atoms with E-state index >= 15 is 0 Å². The van der Waals surface area contributed by atoms with E-state index in [2.05, 4.69) is 22.4 Å². The summed E-state index contributed by atoms with van der Waals surface area (Å²) in [6, 6.07) is 17.1. The molecule has 0 atom stereocenters. The smallest absolute Gasteiger partial charge is 0.416 e. The van der Waals surface area contributed by atoms with E-state index in [0.717, 1.165) is 16.2 Å². The van der Waals surface area contributed by atoms with Crippen LogP contribution in [-0.4, -0.2) is 35.0 Å². The first-order chi connectivity index (χ1) is 16.5. The molecule has 0 bridgehead atoms. The molecule has 2 heterocycles. The Balaban J connectivity index is 1.66. The summed E-state index contributed by atoms with van der Waals surface area (Å²) < 4.78 is 5.32. The van der Waals surface area contributed by atoms with Crippen LogP contribution in [0.1, 0.15) is 46.4 Å². The Hall–Kier alpha value is -3.92. The van der Waals surface area contributed by atoms with Gasteiger partial charge in [0.1, 0.15) is 23.8 Å². The Morgan fingerprint density at radius 3 is 2.34 bits per heavy atom. The number of pyridine rings is 1. The fourth-order valence-electron chi connectivity index (χ4n) is 3.19. The van der Waals surface area contributed by atoms with Gasteiger partial charge in [0.05, 0.1) is 12.1 Å². The minimum Gasteiger partial charge on any atom is -0.443 e. The Kier molecular flexibility index (Phi) is 8.08. The maximum absolute atomic E-state index is 12.7. The van der Waals surface area contributed by atoms with Gasteiger partial charge < -0.3 is 21.5 Å². The fraction of sp³-hybridized carbons (Fsp3) is 0.280. The molecule has 3 aromatic rings. The van der Waals surface area contributed by atoms with Gasteiger partial charge in [0, 0.05) is 16.2 Å². The fourth-order valence-corrected chi connectivity index (χ4v) is 4.18. The number of carbonyl (C=O) groups is 3. The van der Waals surface area contributed by atoms with Crippen LogP contribution in [0, 0.1) is 0 Å². The molecule has 0 aliphatic rings. The van der Waals surface area contributed by atoms with Gasteiger partial charge in [-0.3, -0.25) is 14.5 Å². The zero-order chi connectivity index (χ0) is 25.6. The van der Waals surface area contributed by atoms with Gasteiger partial charge in [0.15, 0.2) is 0 Å². The topological polar surface area (TPSA) is 141 Å². The van der Waals surface area contributed by atoms with Crippen molar-refractivity contribution in [3.63, 3.8) is 0 Å². The second-order valence-electron chi connectivity index (χ2n) is 8.85. The Morgan fingerprint density at radius 2 is 1.71 bits per heavy atom. The number of thiophene rings is 1. The maximum atomic E-state index is 12.7. The summed E-state index contributed by atoms with van der Waals surface area (Å²) in [5, 5.41) is 2.84. The zero-order valence-electron chi connectivity index (χ0n) is 19.9. The molecule has 3 rings (SSSR count). The van der Waals surface area contributed by atoms with Crippen LogP contribution in [0.5, 0.6) is 0 Å². The predicted octanol–water partition coefficient (Wildman–Crippen LogP) is 3.47. The highest BCUT2D eigenvalue weighted by Crippen LogP contribution is 2.22. The quantitative estimate of drug-likeness (QED) is 0.437. The summed E-state index contributed by atoms with van der Waals surface area (Å²) in [7, 11) is 0. The number of nitrogens with zero attached hydrogens (tertiary/aromatic N) is 2. The molecule has 35 heavy (non-hydrogen) atoms. The summed E-state index contributed by atoms with van der Waals surface area (Å²) in [6.45, 7) is 4.98. The molecule has 0 aliphatic heterocycles. The third-order valence-corrected chi connectivity index (χ3v) is 5.81. The van der Waals surface area contributed by atoms with Gasteiger partial charge in [-0.05, 0) is 50.6 Å². The first kappa shape index (κ1) is 25.7. The summed E-state index contributed by atoms with van der Waals surface area (Å²) >= 11 is 1.63. The molecule has 0 fully saturated rings. The number of hydrogen-bond acceptors (Lipinski definition) is 7. The number of anilines is 2. The Morgan fingerprint density at radius 1 is 1.03 bits per heavy atom. The van der Waals surface area contributed by atoms with E-state index in [0.29, 0.717) is 6.54 Å². The molecule has 0 saturated heterocycles. The van der Waals surface area contributed by atoms with Crippen molar-refractivity contribution in [2.45, 2.75) is 39.3 Å². The number of nitrogens with one attached hydrogen (secondary N) is 1. The van der Waals surface area contributed by atoms with Crippen molar-refractivity contribution in [2.24, 2.45) is 5.73 Å². The van der Waals surface area contributed by atoms with Crippen LogP contribution in [0.4, 0.5) is 16.4 Å². The van der Waals surface area contributed by atoms with Crippen LogP contribution >= 0.6 is 11.3 Å². The first-order valence-corrected chi connectivity index (χ1v) is 11.8. The summed E-state index contributed by atoms with van der Waals surface area (Å²) in [6.07, 6.45) is 0.0291. The van der Waals surface area contributed by atoms with E-state index in [1.54, 1.807) is 32.1 Å². The van der Waals surface area contributed by atoms with Crippen molar-refractivity contribution in [1.82, 2.24) is 10.3 Å². The van der Waals surface area contributed by atoms with Gasteiger partial charge in [0.2, 0.25) is 5.91 Å². The number of amides is 3. The molecule has 0 unspecified atom stereocenters. The third kappa shape index (κ3) is 7.54. The number of aromatic nitrogens is 1. The molecule has 0 saturated carbocycles. The molecule has 3 amide bonds. The minimum absolute atomic E-state index is 0.0518. The Bertz CT molecular complexity index is 1200. The van der Waals surface area contributed by atoms with E-state index in [1.807, 2.05) is 30.3 Å². The van der Waals surface area contributed by atoms with Crippen molar-refractivity contribution in [1.29, 1.82) is 0 Å². The largest absolute Gasteiger partial charge is 0.443 e. The van der Waals surface area contributed by atoms with Crippen LogP contribution in [0.25, 0.3) is 0 Å². The second-order valence-corrected chi connectivity index (χ2v) is 10.1. The highest BCUT2D eigenvalue weighted by atomic mass is 32.1. The van der Waals surface area contributed by atoms with Crippen molar-refractivity contribution in [3.05, 3.63) is 75.5 Å². The Labute approximate surface area is 208 Å². The average Bonchev–Trinajstić information content (AvgIpc) is 3.22. The summed E-state index contributed by atoms with van der Waals surface area (Å²) in [5.41, 5.74) is 11.9. The van der Waals surface area contributed by atoms with E-state index < -0.39 is 30.1 Å². The van der Waals surface area contributed by atoms with Crippen molar-refractivity contribution >= 4 is 40.9 Å². The number of ether oxygens (including phenoxy) is 1. The lowest BCUT2D eigenvalue weighted by atomic mass is 10.1.